The molecule has 0 bridgehead atoms. The van der Waals surface area contributed by atoms with Crippen LogP contribution in [-0.4, -0.2) is 11.1 Å². The van der Waals surface area contributed by atoms with Crippen LogP contribution in [0.2, 0.25) is 0 Å². The number of carbonyl (C=O) groups is 1. The average Bonchev–Trinajstić information content (AvgIpc) is 2.02. The molecule has 1 saturated carbocycles. The topological polar surface area (TPSA) is 37.3 Å². The molecule has 82 valence electrons. The first kappa shape index (κ1) is 11.5. The Morgan fingerprint density at radius 2 is 2.00 bits per heavy atom. The van der Waals surface area contributed by atoms with E-state index in [0.29, 0.717) is 5.92 Å². The van der Waals surface area contributed by atoms with Crippen molar-refractivity contribution in [3.63, 3.8) is 0 Å². The molecule has 14 heavy (non-hydrogen) atoms. The van der Waals surface area contributed by atoms with Crippen LogP contribution in [-0.2, 0) is 4.79 Å². The molecule has 0 aromatic heterocycles. The van der Waals surface area contributed by atoms with Gasteiger partial charge in [-0.15, -0.1) is 0 Å². The third-order valence-electron chi connectivity index (χ3n) is 3.72. The van der Waals surface area contributed by atoms with Crippen molar-refractivity contribution in [2.45, 2.75) is 53.4 Å². The number of hydrogen-bond donors (Lipinski definition) is 1. The highest BCUT2D eigenvalue weighted by Gasteiger charge is 2.41. The van der Waals surface area contributed by atoms with Gasteiger partial charge in [-0.3, -0.25) is 4.79 Å². The van der Waals surface area contributed by atoms with Crippen LogP contribution in [0.25, 0.3) is 0 Å². The maximum Gasteiger partial charge on any atom is 0.309 e. The molecule has 1 N–H and O–H groups in total. The van der Waals surface area contributed by atoms with E-state index < -0.39 is 11.4 Å². The Hall–Kier alpha value is -0.530. The zero-order valence-electron chi connectivity index (χ0n) is 9.76. The number of carboxylic acids is 1. The smallest absolute Gasteiger partial charge is 0.309 e. The van der Waals surface area contributed by atoms with Crippen LogP contribution in [0.5, 0.6) is 0 Å². The predicted molar refractivity (Wildman–Crippen MR) is 57.2 cm³/mol. The Labute approximate surface area is 86.7 Å². The third-order valence-corrected chi connectivity index (χ3v) is 3.72. The molecule has 0 heterocycles. The molecule has 0 saturated heterocycles. The zero-order valence-corrected chi connectivity index (χ0v) is 9.76. The van der Waals surface area contributed by atoms with Crippen molar-refractivity contribution < 1.29 is 9.90 Å². The molecule has 2 heteroatoms. The minimum absolute atomic E-state index is 0.247. The fourth-order valence-corrected chi connectivity index (χ4v) is 2.42. The Bertz CT molecular complexity index is 227. The molecule has 0 aromatic carbocycles. The molecule has 0 aromatic rings. The minimum Gasteiger partial charge on any atom is -0.481 e. The summed E-state index contributed by atoms with van der Waals surface area (Å²) < 4.78 is 0. The molecular weight excluding hydrogens is 176 g/mol. The highest BCUT2D eigenvalue weighted by atomic mass is 16.4. The summed E-state index contributed by atoms with van der Waals surface area (Å²) in [5.74, 6) is -0.0659. The van der Waals surface area contributed by atoms with Crippen molar-refractivity contribution in [3.8, 4) is 0 Å². The molecule has 0 spiro atoms. The maximum absolute atomic E-state index is 11.1. The van der Waals surface area contributed by atoms with E-state index >= 15 is 0 Å². The molecular formula is C12H22O2. The standard InChI is InChI=1S/C12H22O2/c1-11(2,3)9-6-5-7-12(4,8-9)10(13)14/h9H,5-8H2,1-4H3,(H,13,14)/t9-,12-/m0/s1. The third kappa shape index (κ3) is 2.28. The van der Waals surface area contributed by atoms with Gasteiger partial charge >= 0.3 is 5.97 Å². The van der Waals surface area contributed by atoms with Crippen LogP contribution in [0, 0.1) is 16.7 Å². The van der Waals surface area contributed by atoms with Crippen molar-refractivity contribution in [1.82, 2.24) is 0 Å². The van der Waals surface area contributed by atoms with Gasteiger partial charge in [0.25, 0.3) is 0 Å². The van der Waals surface area contributed by atoms with Crippen molar-refractivity contribution in [3.05, 3.63) is 0 Å². The molecule has 0 unspecified atom stereocenters. The fraction of sp³-hybridized carbons (Fsp3) is 0.917. The van der Waals surface area contributed by atoms with Gasteiger partial charge < -0.3 is 5.11 Å². The first-order chi connectivity index (χ1) is 6.26. The van der Waals surface area contributed by atoms with Crippen LogP contribution in [0.1, 0.15) is 53.4 Å². The highest BCUT2D eigenvalue weighted by Crippen LogP contribution is 2.46. The lowest BCUT2D eigenvalue weighted by Gasteiger charge is -2.41. The Kier molecular flexibility index (Phi) is 2.93. The molecule has 0 aliphatic heterocycles. The van der Waals surface area contributed by atoms with Crippen LogP contribution in [0.3, 0.4) is 0 Å². The van der Waals surface area contributed by atoms with Gasteiger partial charge in [-0.1, -0.05) is 27.2 Å². The molecule has 2 nitrogen and oxygen atoms in total. The summed E-state index contributed by atoms with van der Waals surface area (Å²) in [6, 6.07) is 0. The van der Waals surface area contributed by atoms with Crippen molar-refractivity contribution in [2.75, 3.05) is 0 Å². The summed E-state index contributed by atoms with van der Waals surface area (Å²) in [7, 11) is 0. The van der Waals surface area contributed by atoms with Crippen LogP contribution >= 0.6 is 0 Å². The second-order valence-electron chi connectivity index (χ2n) is 6.03. The number of aliphatic carboxylic acids is 1. The van der Waals surface area contributed by atoms with Gasteiger partial charge in [-0.2, -0.15) is 0 Å². The molecule has 2 atom stereocenters. The monoisotopic (exact) mass is 198 g/mol. The van der Waals surface area contributed by atoms with Crippen molar-refractivity contribution in [1.29, 1.82) is 0 Å². The predicted octanol–water partition coefficient (Wildman–Crippen LogP) is 3.31. The summed E-state index contributed by atoms with van der Waals surface area (Å²) in [5, 5.41) is 9.18. The van der Waals surface area contributed by atoms with Crippen molar-refractivity contribution >= 4 is 5.97 Å². The maximum atomic E-state index is 11.1. The van der Waals surface area contributed by atoms with E-state index in [1.165, 1.54) is 6.42 Å². The SMILES string of the molecule is CC(C)(C)[C@H]1CCC[C@](C)(C(=O)O)C1. The number of carboxylic acid groups (broad SMARTS) is 1. The largest absolute Gasteiger partial charge is 0.481 e. The lowest BCUT2D eigenvalue weighted by molar-refractivity contribution is -0.151. The van der Waals surface area contributed by atoms with Gasteiger partial charge in [0, 0.05) is 0 Å². The molecule has 0 amide bonds. The summed E-state index contributed by atoms with van der Waals surface area (Å²) in [4.78, 5) is 11.1. The van der Waals surface area contributed by atoms with Gasteiger partial charge in [0.15, 0.2) is 0 Å². The van der Waals surface area contributed by atoms with E-state index in [0.717, 1.165) is 19.3 Å². The molecule has 1 rings (SSSR count). The number of rotatable bonds is 1. The van der Waals surface area contributed by atoms with E-state index in [4.69, 9.17) is 0 Å². The van der Waals surface area contributed by atoms with Gasteiger partial charge in [-0.25, -0.2) is 0 Å². The van der Waals surface area contributed by atoms with Gasteiger partial charge in [0.05, 0.1) is 5.41 Å². The average molecular weight is 198 g/mol. The van der Waals surface area contributed by atoms with Gasteiger partial charge in [0.2, 0.25) is 0 Å². The van der Waals surface area contributed by atoms with E-state index in [-0.39, 0.29) is 5.41 Å². The Morgan fingerprint density at radius 3 is 2.43 bits per heavy atom. The van der Waals surface area contributed by atoms with E-state index in [9.17, 15) is 9.90 Å². The van der Waals surface area contributed by atoms with E-state index in [1.807, 2.05) is 6.92 Å². The zero-order chi connectivity index (χ0) is 11.0. The molecule has 0 radical (unpaired) electrons. The van der Waals surface area contributed by atoms with Crippen LogP contribution in [0.4, 0.5) is 0 Å². The first-order valence-electron chi connectivity index (χ1n) is 5.49. The van der Waals surface area contributed by atoms with E-state index in [1.54, 1.807) is 0 Å². The lowest BCUT2D eigenvalue weighted by Crippen LogP contribution is -2.37. The summed E-state index contributed by atoms with van der Waals surface area (Å²) in [5.41, 5.74) is -0.229. The van der Waals surface area contributed by atoms with Gasteiger partial charge in [-0.05, 0) is 37.5 Å². The Morgan fingerprint density at radius 1 is 1.43 bits per heavy atom. The summed E-state index contributed by atoms with van der Waals surface area (Å²) in [6.07, 6.45) is 3.93. The quantitative estimate of drug-likeness (QED) is 0.701. The van der Waals surface area contributed by atoms with Crippen molar-refractivity contribution in [2.24, 2.45) is 16.7 Å². The Balaban J connectivity index is 2.74. The lowest BCUT2D eigenvalue weighted by atomic mass is 9.63. The summed E-state index contributed by atoms with van der Waals surface area (Å²) >= 11 is 0. The van der Waals surface area contributed by atoms with Crippen LogP contribution in [0.15, 0.2) is 0 Å². The second kappa shape index (κ2) is 3.56. The van der Waals surface area contributed by atoms with E-state index in [2.05, 4.69) is 20.8 Å². The fourth-order valence-electron chi connectivity index (χ4n) is 2.42. The highest BCUT2D eigenvalue weighted by molar-refractivity contribution is 5.74. The molecule has 1 fully saturated rings. The van der Waals surface area contributed by atoms with Gasteiger partial charge in [0.1, 0.15) is 0 Å². The minimum atomic E-state index is -0.619. The second-order valence-corrected chi connectivity index (χ2v) is 6.03. The number of hydrogen-bond acceptors (Lipinski definition) is 1. The summed E-state index contributed by atoms with van der Waals surface area (Å²) in [6.45, 7) is 8.54. The normalized spacial score (nSPS) is 34.1. The molecule has 1 aliphatic carbocycles. The van der Waals surface area contributed by atoms with Crippen LogP contribution < -0.4 is 0 Å². The molecule has 1 aliphatic rings. The first-order valence-corrected chi connectivity index (χ1v) is 5.49.